The summed E-state index contributed by atoms with van der Waals surface area (Å²) < 4.78 is 5.79. The van der Waals surface area contributed by atoms with Crippen LogP contribution in [0.25, 0.3) is 0 Å². The molecule has 1 saturated carbocycles. The number of amides is 2. The highest BCUT2D eigenvalue weighted by molar-refractivity contribution is 5.90. The van der Waals surface area contributed by atoms with E-state index in [9.17, 15) is 9.59 Å². The second-order valence-corrected chi connectivity index (χ2v) is 5.43. The molecule has 5 nitrogen and oxygen atoms in total. The number of hydrogen-bond acceptors (Lipinski definition) is 3. The molecule has 0 aromatic rings. The van der Waals surface area contributed by atoms with E-state index in [1.165, 1.54) is 32.1 Å². The van der Waals surface area contributed by atoms with Crippen molar-refractivity contribution in [2.75, 3.05) is 13.2 Å². The molecule has 0 aromatic carbocycles. The molecular weight excluding hydrogens is 244 g/mol. The first kappa shape index (κ1) is 14.3. The zero-order valence-electron chi connectivity index (χ0n) is 11.5. The lowest BCUT2D eigenvalue weighted by Gasteiger charge is -2.22. The molecule has 0 aromatic heterocycles. The Labute approximate surface area is 114 Å². The molecule has 19 heavy (non-hydrogen) atoms. The fourth-order valence-electron chi connectivity index (χ4n) is 2.70. The van der Waals surface area contributed by atoms with Crippen LogP contribution in [0.15, 0.2) is 0 Å². The van der Waals surface area contributed by atoms with Crippen LogP contribution in [0.1, 0.15) is 51.4 Å². The molecule has 2 fully saturated rings. The van der Waals surface area contributed by atoms with Gasteiger partial charge >= 0.3 is 0 Å². The van der Waals surface area contributed by atoms with Gasteiger partial charge in [-0.2, -0.15) is 0 Å². The Hall–Kier alpha value is -1.10. The Morgan fingerprint density at radius 3 is 2.74 bits per heavy atom. The van der Waals surface area contributed by atoms with Gasteiger partial charge in [-0.15, -0.1) is 0 Å². The van der Waals surface area contributed by atoms with E-state index in [4.69, 9.17) is 4.74 Å². The van der Waals surface area contributed by atoms with Crippen molar-refractivity contribution in [3.8, 4) is 0 Å². The molecule has 1 atom stereocenters. The molecule has 2 aliphatic rings. The fraction of sp³-hybridized carbons (Fsp3) is 0.857. The molecule has 0 radical (unpaired) electrons. The summed E-state index contributed by atoms with van der Waals surface area (Å²) in [5.41, 5.74) is 0. The molecule has 2 amide bonds. The predicted octanol–water partition coefficient (Wildman–Crippen LogP) is 1.12. The molecular formula is C14H24N2O3. The summed E-state index contributed by atoms with van der Waals surface area (Å²) in [5.74, 6) is -0.0932. The van der Waals surface area contributed by atoms with Gasteiger partial charge in [0.15, 0.2) is 0 Å². The number of rotatable bonds is 6. The van der Waals surface area contributed by atoms with Gasteiger partial charge in [-0.25, -0.2) is 0 Å². The van der Waals surface area contributed by atoms with Crippen LogP contribution in [0, 0.1) is 0 Å². The highest BCUT2D eigenvalue weighted by Crippen LogP contribution is 2.20. The maximum atomic E-state index is 11.7. The maximum absolute atomic E-state index is 11.7. The molecule has 2 rings (SSSR count). The van der Waals surface area contributed by atoms with Crippen LogP contribution in [0.3, 0.4) is 0 Å². The minimum absolute atomic E-state index is 0.0271. The Balaban J connectivity index is 1.49. The van der Waals surface area contributed by atoms with Gasteiger partial charge < -0.3 is 15.4 Å². The average molecular weight is 268 g/mol. The molecule has 1 saturated heterocycles. The lowest BCUT2D eigenvalue weighted by atomic mass is 9.98. The smallest absolute Gasteiger partial charge is 0.242 e. The zero-order chi connectivity index (χ0) is 13.5. The Kier molecular flexibility index (Phi) is 5.63. The van der Waals surface area contributed by atoms with Crippen LogP contribution in [0.5, 0.6) is 0 Å². The quantitative estimate of drug-likeness (QED) is 0.709. The minimum Gasteiger partial charge on any atom is -0.378 e. The van der Waals surface area contributed by atoms with E-state index in [2.05, 4.69) is 10.6 Å². The van der Waals surface area contributed by atoms with Gasteiger partial charge in [0.25, 0.3) is 0 Å². The summed E-state index contributed by atoms with van der Waals surface area (Å²) in [6.07, 6.45) is 8.60. The van der Waals surface area contributed by atoms with E-state index >= 15 is 0 Å². The van der Waals surface area contributed by atoms with Gasteiger partial charge in [0, 0.05) is 19.6 Å². The topological polar surface area (TPSA) is 67.4 Å². The molecule has 2 N–H and O–H groups in total. The highest BCUT2D eigenvalue weighted by Gasteiger charge is 2.26. The van der Waals surface area contributed by atoms with E-state index < -0.39 is 0 Å². The van der Waals surface area contributed by atoms with E-state index in [0.29, 0.717) is 32.1 Å². The predicted molar refractivity (Wildman–Crippen MR) is 71.6 cm³/mol. The summed E-state index contributed by atoms with van der Waals surface area (Å²) >= 11 is 0. The Bertz CT molecular complexity index is 314. The highest BCUT2D eigenvalue weighted by atomic mass is 16.5. The monoisotopic (exact) mass is 268 g/mol. The van der Waals surface area contributed by atoms with Gasteiger partial charge in [0.05, 0.1) is 6.10 Å². The van der Waals surface area contributed by atoms with Crippen molar-refractivity contribution >= 4 is 11.8 Å². The largest absolute Gasteiger partial charge is 0.378 e. The number of hydrogen-bond donors (Lipinski definition) is 2. The normalized spacial score (nSPS) is 24.2. The third-order valence-corrected chi connectivity index (χ3v) is 3.84. The van der Waals surface area contributed by atoms with Crippen LogP contribution in [0.4, 0.5) is 0 Å². The molecule has 108 valence electrons. The van der Waals surface area contributed by atoms with Gasteiger partial charge in [-0.3, -0.25) is 9.59 Å². The van der Waals surface area contributed by atoms with E-state index in [1.807, 2.05) is 0 Å². The third kappa shape index (κ3) is 4.82. The SMILES string of the molecule is O=C1CCC(C(=O)NCCCOC2CCCCC2)N1. The summed E-state index contributed by atoms with van der Waals surface area (Å²) in [6, 6.07) is -0.327. The summed E-state index contributed by atoms with van der Waals surface area (Å²) in [7, 11) is 0. The first-order chi connectivity index (χ1) is 9.25. The van der Waals surface area contributed by atoms with Gasteiger partial charge in [0.2, 0.25) is 11.8 Å². The Morgan fingerprint density at radius 2 is 2.05 bits per heavy atom. The van der Waals surface area contributed by atoms with Gasteiger partial charge in [-0.05, 0) is 25.7 Å². The average Bonchev–Trinajstić information content (AvgIpc) is 2.86. The molecule has 1 aliphatic carbocycles. The molecule has 1 heterocycles. The summed E-state index contributed by atoms with van der Waals surface area (Å²) in [5, 5.41) is 5.51. The molecule has 0 spiro atoms. The fourth-order valence-corrected chi connectivity index (χ4v) is 2.70. The van der Waals surface area contributed by atoms with Gasteiger partial charge in [0.1, 0.15) is 6.04 Å². The van der Waals surface area contributed by atoms with E-state index in [1.54, 1.807) is 0 Å². The zero-order valence-corrected chi connectivity index (χ0v) is 11.5. The Morgan fingerprint density at radius 1 is 1.26 bits per heavy atom. The van der Waals surface area contributed by atoms with Crippen molar-refractivity contribution < 1.29 is 14.3 Å². The summed E-state index contributed by atoms with van der Waals surface area (Å²) in [6.45, 7) is 1.33. The lowest BCUT2D eigenvalue weighted by Crippen LogP contribution is -2.42. The minimum atomic E-state index is -0.327. The van der Waals surface area contributed by atoms with Crippen molar-refractivity contribution in [2.45, 2.75) is 63.5 Å². The number of carbonyl (C=O) groups is 2. The van der Waals surface area contributed by atoms with Crippen molar-refractivity contribution in [2.24, 2.45) is 0 Å². The van der Waals surface area contributed by atoms with Crippen molar-refractivity contribution in [1.29, 1.82) is 0 Å². The van der Waals surface area contributed by atoms with Crippen LogP contribution in [0.2, 0.25) is 0 Å². The van der Waals surface area contributed by atoms with Crippen LogP contribution >= 0.6 is 0 Å². The molecule has 0 bridgehead atoms. The number of ether oxygens (including phenoxy) is 1. The first-order valence-electron chi connectivity index (χ1n) is 7.44. The number of nitrogens with one attached hydrogen (secondary N) is 2. The van der Waals surface area contributed by atoms with Crippen molar-refractivity contribution in [3.63, 3.8) is 0 Å². The maximum Gasteiger partial charge on any atom is 0.242 e. The summed E-state index contributed by atoms with van der Waals surface area (Å²) in [4.78, 5) is 22.7. The van der Waals surface area contributed by atoms with Crippen LogP contribution in [-0.2, 0) is 14.3 Å². The molecule has 5 heteroatoms. The van der Waals surface area contributed by atoms with E-state index in [0.717, 1.165) is 6.42 Å². The molecule has 1 aliphatic heterocycles. The second kappa shape index (κ2) is 7.48. The standard InChI is InChI=1S/C14H24N2O3/c17-13-8-7-12(16-13)14(18)15-9-4-10-19-11-5-2-1-3-6-11/h11-12H,1-10H2,(H,15,18)(H,16,17). The van der Waals surface area contributed by atoms with Crippen LogP contribution < -0.4 is 10.6 Å². The number of carbonyl (C=O) groups excluding carboxylic acids is 2. The van der Waals surface area contributed by atoms with E-state index in [-0.39, 0.29) is 17.9 Å². The van der Waals surface area contributed by atoms with Crippen molar-refractivity contribution in [3.05, 3.63) is 0 Å². The first-order valence-corrected chi connectivity index (χ1v) is 7.44. The lowest BCUT2D eigenvalue weighted by molar-refractivity contribution is -0.125. The third-order valence-electron chi connectivity index (χ3n) is 3.84. The van der Waals surface area contributed by atoms with Gasteiger partial charge in [-0.1, -0.05) is 19.3 Å². The van der Waals surface area contributed by atoms with Crippen molar-refractivity contribution in [1.82, 2.24) is 10.6 Å². The second-order valence-electron chi connectivity index (χ2n) is 5.43. The molecule has 1 unspecified atom stereocenters. The van der Waals surface area contributed by atoms with Crippen LogP contribution in [-0.4, -0.2) is 37.1 Å².